The summed E-state index contributed by atoms with van der Waals surface area (Å²) in [5.74, 6) is 0.881. The number of nitrogens with one attached hydrogen (secondary N) is 1. The molecule has 140 valence electrons. The summed E-state index contributed by atoms with van der Waals surface area (Å²) in [5, 5.41) is 7.08. The molecule has 0 radical (unpaired) electrons. The Hall–Kier alpha value is -1.92. The molecule has 0 aliphatic carbocycles. The lowest BCUT2D eigenvalue weighted by molar-refractivity contribution is 0.216. The van der Waals surface area contributed by atoms with E-state index in [1.807, 2.05) is 36.6 Å². The quantitative estimate of drug-likeness (QED) is 0.399. The fraction of sp³-hybridized carbons (Fsp3) is 0.500. The van der Waals surface area contributed by atoms with E-state index in [2.05, 4.69) is 20.4 Å². The second-order valence-corrected chi connectivity index (χ2v) is 7.52. The number of anilines is 1. The van der Waals surface area contributed by atoms with E-state index in [9.17, 15) is 0 Å². The van der Waals surface area contributed by atoms with Gasteiger partial charge in [-0.15, -0.1) is 11.3 Å². The number of aromatic nitrogens is 1. The van der Waals surface area contributed by atoms with E-state index in [1.54, 1.807) is 17.6 Å². The summed E-state index contributed by atoms with van der Waals surface area (Å²) in [4.78, 5) is 6.91. The zero-order valence-electron chi connectivity index (χ0n) is 15.5. The molecule has 26 heavy (non-hydrogen) atoms. The van der Waals surface area contributed by atoms with Crippen molar-refractivity contribution in [1.82, 2.24) is 9.88 Å². The molecule has 1 aliphatic heterocycles. The summed E-state index contributed by atoms with van der Waals surface area (Å²) in [7, 11) is 0. The van der Waals surface area contributed by atoms with Crippen LogP contribution in [0, 0.1) is 6.92 Å². The monoisotopic (exact) mass is 372 g/mol. The number of piperidine rings is 1. The second-order valence-electron chi connectivity index (χ2n) is 6.66. The van der Waals surface area contributed by atoms with Gasteiger partial charge in [0.05, 0.1) is 18.5 Å². The average molecular weight is 373 g/mol. The smallest absolute Gasteiger partial charge is 0.203 e. The Bertz CT molecular complexity index is 695. The first-order valence-corrected chi connectivity index (χ1v) is 10.3. The highest BCUT2D eigenvalue weighted by atomic mass is 32.1. The number of ether oxygens (including phenoxy) is 1. The summed E-state index contributed by atoms with van der Waals surface area (Å²) in [5.41, 5.74) is 4.95. The number of benzene rings is 1. The molecule has 2 aromatic rings. The molecule has 0 atom stereocenters. The number of hydrogen-bond acceptors (Lipinski definition) is 6. The van der Waals surface area contributed by atoms with E-state index in [1.165, 1.54) is 45.3 Å². The minimum Gasteiger partial charge on any atom is -0.493 e. The molecule has 6 heteroatoms. The maximum absolute atomic E-state index is 5.98. The molecule has 2 heterocycles. The molecule has 1 aromatic carbocycles. The molecule has 0 bridgehead atoms. The number of likely N-dealkylation sites (tertiary alicyclic amines) is 1. The van der Waals surface area contributed by atoms with Crippen LogP contribution in [-0.2, 0) is 0 Å². The van der Waals surface area contributed by atoms with Gasteiger partial charge in [-0.3, -0.25) is 5.43 Å². The van der Waals surface area contributed by atoms with Crippen LogP contribution in [0.2, 0.25) is 0 Å². The van der Waals surface area contributed by atoms with E-state index < -0.39 is 0 Å². The van der Waals surface area contributed by atoms with Crippen molar-refractivity contribution in [3.8, 4) is 5.75 Å². The van der Waals surface area contributed by atoms with Gasteiger partial charge in [0.25, 0.3) is 0 Å². The normalized spacial score (nSPS) is 15.4. The molecular formula is C20H28N4OS. The maximum Gasteiger partial charge on any atom is 0.203 e. The van der Waals surface area contributed by atoms with Crippen molar-refractivity contribution < 1.29 is 4.74 Å². The molecule has 1 saturated heterocycles. The van der Waals surface area contributed by atoms with Gasteiger partial charge in [0.15, 0.2) is 0 Å². The Morgan fingerprint density at radius 1 is 1.23 bits per heavy atom. The zero-order valence-corrected chi connectivity index (χ0v) is 16.3. The minimum absolute atomic E-state index is 0.748. The van der Waals surface area contributed by atoms with Crippen LogP contribution in [0.15, 0.2) is 34.7 Å². The van der Waals surface area contributed by atoms with Crippen LogP contribution in [-0.4, -0.2) is 42.3 Å². The number of hydrazone groups is 1. The Labute approximate surface area is 160 Å². The lowest BCUT2D eigenvalue weighted by atomic mass is 10.1. The van der Waals surface area contributed by atoms with Crippen molar-refractivity contribution in [1.29, 1.82) is 0 Å². The first-order chi connectivity index (χ1) is 12.8. The first kappa shape index (κ1) is 18.9. The Kier molecular flexibility index (Phi) is 7.46. The number of hydrogen-bond donors (Lipinski definition) is 1. The summed E-state index contributed by atoms with van der Waals surface area (Å²) in [6.07, 6.45) is 8.18. The van der Waals surface area contributed by atoms with Gasteiger partial charge < -0.3 is 9.64 Å². The third-order valence-electron chi connectivity index (χ3n) is 4.48. The topological polar surface area (TPSA) is 49.8 Å². The van der Waals surface area contributed by atoms with Crippen LogP contribution in [0.3, 0.4) is 0 Å². The van der Waals surface area contributed by atoms with Crippen molar-refractivity contribution in [3.63, 3.8) is 0 Å². The molecule has 5 nitrogen and oxygen atoms in total. The predicted molar refractivity (Wildman–Crippen MR) is 110 cm³/mol. The van der Waals surface area contributed by atoms with E-state index in [4.69, 9.17) is 4.74 Å². The Morgan fingerprint density at radius 2 is 2.08 bits per heavy atom. The largest absolute Gasteiger partial charge is 0.493 e. The predicted octanol–water partition coefficient (Wildman–Crippen LogP) is 4.54. The van der Waals surface area contributed by atoms with E-state index >= 15 is 0 Å². The van der Waals surface area contributed by atoms with Gasteiger partial charge in [0.2, 0.25) is 5.13 Å². The van der Waals surface area contributed by atoms with E-state index in [0.29, 0.717) is 0 Å². The highest BCUT2D eigenvalue weighted by Gasteiger charge is 2.09. The fourth-order valence-corrected chi connectivity index (χ4v) is 3.72. The Balaban J connectivity index is 1.41. The van der Waals surface area contributed by atoms with Crippen LogP contribution in [0.25, 0.3) is 0 Å². The number of nitrogens with zero attached hydrogens (tertiary/aromatic N) is 3. The summed E-state index contributed by atoms with van der Waals surface area (Å²) in [6, 6.07) is 8.01. The van der Waals surface area contributed by atoms with Gasteiger partial charge in [0.1, 0.15) is 5.75 Å². The number of rotatable bonds is 9. The maximum atomic E-state index is 5.98. The summed E-state index contributed by atoms with van der Waals surface area (Å²) >= 11 is 1.55. The van der Waals surface area contributed by atoms with Gasteiger partial charge in [-0.2, -0.15) is 5.10 Å². The number of unbranched alkanes of at least 4 members (excludes halogenated alkanes) is 1. The molecular weight excluding hydrogens is 344 g/mol. The number of thiazole rings is 1. The molecule has 3 rings (SSSR count). The molecule has 0 saturated carbocycles. The third kappa shape index (κ3) is 6.11. The van der Waals surface area contributed by atoms with Crippen LogP contribution in [0.1, 0.15) is 43.4 Å². The van der Waals surface area contributed by atoms with Crippen LogP contribution >= 0.6 is 11.3 Å². The first-order valence-electron chi connectivity index (χ1n) is 9.47. The van der Waals surface area contributed by atoms with Gasteiger partial charge >= 0.3 is 0 Å². The number of aryl methyl sites for hydroxylation is 1. The molecule has 0 spiro atoms. The van der Waals surface area contributed by atoms with E-state index in [-0.39, 0.29) is 0 Å². The number of para-hydroxylation sites is 1. The van der Waals surface area contributed by atoms with Crippen molar-refractivity contribution in [2.45, 2.75) is 39.0 Å². The Morgan fingerprint density at radius 3 is 2.88 bits per heavy atom. The van der Waals surface area contributed by atoms with Crippen molar-refractivity contribution in [2.75, 3.05) is 31.7 Å². The third-order valence-corrected chi connectivity index (χ3v) is 5.34. The second kappa shape index (κ2) is 10.3. The standard InChI is InChI=1S/C20H28N4OS/c1-17-16-26-20(22-17)23-21-15-18-9-3-4-10-19(18)25-14-8-7-13-24-11-5-2-6-12-24/h3-4,9-10,15-16H,2,5-8,11-14H2,1H3,(H,22,23). The van der Waals surface area contributed by atoms with Gasteiger partial charge in [-0.05, 0) is 64.4 Å². The highest BCUT2D eigenvalue weighted by molar-refractivity contribution is 7.13. The van der Waals surface area contributed by atoms with Gasteiger partial charge in [-0.25, -0.2) is 4.98 Å². The summed E-state index contributed by atoms with van der Waals surface area (Å²) in [6.45, 7) is 6.46. The van der Waals surface area contributed by atoms with Crippen LogP contribution in [0.5, 0.6) is 5.75 Å². The molecule has 1 fully saturated rings. The molecule has 0 amide bonds. The fourth-order valence-electron chi connectivity index (χ4n) is 3.08. The SMILES string of the molecule is Cc1csc(NN=Cc2ccccc2OCCCCN2CCCCC2)n1. The van der Waals surface area contributed by atoms with Crippen LogP contribution < -0.4 is 10.2 Å². The van der Waals surface area contributed by atoms with Gasteiger partial charge in [-0.1, -0.05) is 18.6 Å². The molecule has 1 aromatic heterocycles. The molecule has 1 N–H and O–H groups in total. The summed E-state index contributed by atoms with van der Waals surface area (Å²) < 4.78 is 5.98. The average Bonchev–Trinajstić information content (AvgIpc) is 3.08. The van der Waals surface area contributed by atoms with Crippen molar-refractivity contribution in [2.24, 2.45) is 5.10 Å². The molecule has 0 unspecified atom stereocenters. The zero-order chi connectivity index (χ0) is 18.0. The highest BCUT2D eigenvalue weighted by Crippen LogP contribution is 2.18. The molecule has 1 aliphatic rings. The minimum atomic E-state index is 0.748. The van der Waals surface area contributed by atoms with E-state index in [0.717, 1.165) is 35.2 Å². The van der Waals surface area contributed by atoms with Gasteiger partial charge in [0, 0.05) is 10.9 Å². The lowest BCUT2D eigenvalue weighted by Crippen LogP contribution is -2.30. The van der Waals surface area contributed by atoms with Crippen molar-refractivity contribution >= 4 is 22.7 Å². The van der Waals surface area contributed by atoms with Crippen molar-refractivity contribution in [3.05, 3.63) is 40.9 Å². The lowest BCUT2D eigenvalue weighted by Gasteiger charge is -2.26. The van der Waals surface area contributed by atoms with Crippen LogP contribution in [0.4, 0.5) is 5.13 Å².